The predicted molar refractivity (Wildman–Crippen MR) is 54.8 cm³/mol. The first-order valence-electron chi connectivity index (χ1n) is 5.66. The molecule has 0 aromatic carbocycles. The first kappa shape index (κ1) is 8.54. The number of nitrogens with zero attached hydrogens (tertiary/aromatic N) is 1. The van der Waals surface area contributed by atoms with Crippen molar-refractivity contribution in [2.24, 2.45) is 11.8 Å². The van der Waals surface area contributed by atoms with E-state index in [1.807, 2.05) is 6.07 Å². The zero-order chi connectivity index (χ0) is 9.38. The molecule has 2 aliphatic rings. The Balaban J connectivity index is 1.61. The van der Waals surface area contributed by atoms with Gasteiger partial charge in [0.15, 0.2) is 0 Å². The van der Waals surface area contributed by atoms with Crippen molar-refractivity contribution in [2.75, 3.05) is 13.1 Å². The van der Waals surface area contributed by atoms with Gasteiger partial charge in [-0.1, -0.05) is 6.42 Å². The molecule has 2 fully saturated rings. The molecule has 2 heterocycles. The number of hydrogen-bond acceptors (Lipinski definition) is 2. The van der Waals surface area contributed by atoms with Gasteiger partial charge in [0.05, 0.1) is 12.8 Å². The molecule has 0 spiro atoms. The van der Waals surface area contributed by atoms with E-state index in [0.717, 1.165) is 24.1 Å². The molecule has 0 unspecified atom stereocenters. The molecular weight excluding hydrogens is 174 g/mol. The van der Waals surface area contributed by atoms with Gasteiger partial charge >= 0.3 is 0 Å². The van der Waals surface area contributed by atoms with Crippen LogP contribution in [0, 0.1) is 11.8 Å². The van der Waals surface area contributed by atoms with Gasteiger partial charge in [-0.15, -0.1) is 0 Å². The van der Waals surface area contributed by atoms with E-state index in [2.05, 4.69) is 11.0 Å². The molecule has 1 saturated carbocycles. The van der Waals surface area contributed by atoms with Crippen LogP contribution in [0.1, 0.15) is 25.0 Å². The molecule has 76 valence electrons. The Morgan fingerprint density at radius 3 is 2.71 bits per heavy atom. The van der Waals surface area contributed by atoms with Gasteiger partial charge in [0.1, 0.15) is 5.76 Å². The highest BCUT2D eigenvalue weighted by Gasteiger charge is 2.35. The van der Waals surface area contributed by atoms with E-state index in [4.69, 9.17) is 4.42 Å². The smallest absolute Gasteiger partial charge is 0.117 e. The largest absolute Gasteiger partial charge is 0.468 e. The lowest BCUT2D eigenvalue weighted by atomic mass is 10.0. The van der Waals surface area contributed by atoms with Crippen LogP contribution >= 0.6 is 0 Å². The Kier molecular flexibility index (Phi) is 2.09. The standard InChI is InChI=1S/C12H17NO/c1-3-10-7-13(8-11(10)4-1)9-12-5-2-6-14-12/h2,5-6,10-11H,1,3-4,7-9H2/t10-,11+. The minimum absolute atomic E-state index is 0.991. The summed E-state index contributed by atoms with van der Waals surface area (Å²) < 4.78 is 5.38. The van der Waals surface area contributed by atoms with Crippen LogP contribution in [0.5, 0.6) is 0 Å². The van der Waals surface area contributed by atoms with Crippen LogP contribution in [-0.2, 0) is 6.54 Å². The van der Waals surface area contributed by atoms with Crippen molar-refractivity contribution in [3.8, 4) is 0 Å². The molecule has 14 heavy (non-hydrogen) atoms. The molecule has 2 nitrogen and oxygen atoms in total. The summed E-state index contributed by atoms with van der Waals surface area (Å²) in [7, 11) is 0. The molecule has 2 atom stereocenters. The van der Waals surface area contributed by atoms with Gasteiger partial charge in [0.2, 0.25) is 0 Å². The lowest BCUT2D eigenvalue weighted by Crippen LogP contribution is -2.20. The van der Waals surface area contributed by atoms with Crippen LogP contribution in [0.2, 0.25) is 0 Å². The minimum Gasteiger partial charge on any atom is -0.468 e. The molecule has 1 aromatic rings. The third kappa shape index (κ3) is 1.48. The van der Waals surface area contributed by atoms with Gasteiger partial charge in [0, 0.05) is 13.1 Å². The highest BCUT2D eigenvalue weighted by atomic mass is 16.3. The molecule has 1 aliphatic heterocycles. The molecular formula is C12H17NO. The summed E-state index contributed by atoms with van der Waals surface area (Å²) >= 11 is 0. The molecule has 0 radical (unpaired) electrons. The maximum atomic E-state index is 5.38. The quantitative estimate of drug-likeness (QED) is 0.714. The van der Waals surface area contributed by atoms with Gasteiger partial charge in [-0.05, 0) is 36.8 Å². The average molecular weight is 191 g/mol. The third-order valence-corrected chi connectivity index (χ3v) is 3.76. The summed E-state index contributed by atoms with van der Waals surface area (Å²) in [5.41, 5.74) is 0. The second-order valence-corrected chi connectivity index (χ2v) is 4.72. The van der Waals surface area contributed by atoms with Gasteiger partial charge in [-0.3, -0.25) is 4.90 Å². The summed E-state index contributed by atoms with van der Waals surface area (Å²) in [4.78, 5) is 2.55. The minimum atomic E-state index is 0.991. The lowest BCUT2D eigenvalue weighted by molar-refractivity contribution is 0.276. The van der Waals surface area contributed by atoms with Crippen LogP contribution in [0.25, 0.3) is 0 Å². The van der Waals surface area contributed by atoms with Crippen molar-refractivity contribution in [1.29, 1.82) is 0 Å². The van der Waals surface area contributed by atoms with E-state index in [9.17, 15) is 0 Å². The Morgan fingerprint density at radius 2 is 2.07 bits per heavy atom. The van der Waals surface area contributed by atoms with Crippen molar-refractivity contribution < 1.29 is 4.42 Å². The molecule has 0 amide bonds. The van der Waals surface area contributed by atoms with E-state index < -0.39 is 0 Å². The molecule has 2 heteroatoms. The van der Waals surface area contributed by atoms with Gasteiger partial charge in [-0.2, -0.15) is 0 Å². The maximum absolute atomic E-state index is 5.38. The monoisotopic (exact) mass is 191 g/mol. The van der Waals surface area contributed by atoms with Crippen molar-refractivity contribution in [3.63, 3.8) is 0 Å². The van der Waals surface area contributed by atoms with Crippen molar-refractivity contribution in [1.82, 2.24) is 4.90 Å². The summed E-state index contributed by atoms with van der Waals surface area (Å²) in [6, 6.07) is 4.06. The van der Waals surface area contributed by atoms with Crippen LogP contribution in [0.15, 0.2) is 22.8 Å². The average Bonchev–Trinajstić information content (AvgIpc) is 2.78. The van der Waals surface area contributed by atoms with Crippen LogP contribution in [-0.4, -0.2) is 18.0 Å². The Labute approximate surface area is 84.9 Å². The third-order valence-electron chi connectivity index (χ3n) is 3.76. The fourth-order valence-corrected chi connectivity index (χ4v) is 3.08. The van der Waals surface area contributed by atoms with Gasteiger partial charge in [0.25, 0.3) is 0 Å². The van der Waals surface area contributed by atoms with Crippen LogP contribution in [0.3, 0.4) is 0 Å². The van der Waals surface area contributed by atoms with Gasteiger partial charge in [-0.25, -0.2) is 0 Å². The van der Waals surface area contributed by atoms with E-state index in [1.54, 1.807) is 6.26 Å². The van der Waals surface area contributed by atoms with E-state index in [-0.39, 0.29) is 0 Å². The Morgan fingerprint density at radius 1 is 1.29 bits per heavy atom. The molecule has 1 aromatic heterocycles. The first-order chi connectivity index (χ1) is 6.92. The van der Waals surface area contributed by atoms with E-state index in [0.29, 0.717) is 0 Å². The Bertz CT molecular complexity index is 281. The lowest BCUT2D eigenvalue weighted by Gasteiger charge is -2.14. The highest BCUT2D eigenvalue weighted by Crippen LogP contribution is 2.38. The second kappa shape index (κ2) is 3.43. The van der Waals surface area contributed by atoms with Crippen LogP contribution < -0.4 is 0 Å². The number of rotatable bonds is 2. The predicted octanol–water partition coefficient (Wildman–Crippen LogP) is 2.51. The number of likely N-dealkylation sites (tertiary alicyclic amines) is 1. The zero-order valence-electron chi connectivity index (χ0n) is 8.48. The van der Waals surface area contributed by atoms with Crippen molar-refractivity contribution in [3.05, 3.63) is 24.2 Å². The summed E-state index contributed by atoms with van der Waals surface area (Å²) in [6.07, 6.45) is 6.15. The SMILES string of the molecule is c1coc(CN2C[C@H]3CCC[C@H]3C2)c1. The summed E-state index contributed by atoms with van der Waals surface area (Å²) in [5, 5.41) is 0. The van der Waals surface area contributed by atoms with E-state index in [1.165, 1.54) is 32.4 Å². The highest BCUT2D eigenvalue weighted by molar-refractivity contribution is 4.99. The number of fused-ring (bicyclic) bond motifs is 1. The summed E-state index contributed by atoms with van der Waals surface area (Å²) in [5.74, 6) is 3.10. The van der Waals surface area contributed by atoms with Crippen LogP contribution in [0.4, 0.5) is 0 Å². The number of furan rings is 1. The zero-order valence-corrected chi connectivity index (χ0v) is 8.48. The first-order valence-corrected chi connectivity index (χ1v) is 5.66. The molecule has 0 N–H and O–H groups in total. The topological polar surface area (TPSA) is 16.4 Å². The fraction of sp³-hybridized carbons (Fsp3) is 0.667. The maximum Gasteiger partial charge on any atom is 0.117 e. The number of hydrogen-bond donors (Lipinski definition) is 0. The Hall–Kier alpha value is -0.760. The molecule has 1 saturated heterocycles. The molecule has 1 aliphatic carbocycles. The second-order valence-electron chi connectivity index (χ2n) is 4.72. The van der Waals surface area contributed by atoms with Gasteiger partial charge < -0.3 is 4.42 Å². The molecule has 3 rings (SSSR count). The summed E-state index contributed by atoms with van der Waals surface area (Å²) in [6.45, 7) is 3.61. The molecule has 0 bridgehead atoms. The van der Waals surface area contributed by atoms with E-state index >= 15 is 0 Å². The van der Waals surface area contributed by atoms with Crippen molar-refractivity contribution >= 4 is 0 Å². The van der Waals surface area contributed by atoms with Crippen molar-refractivity contribution in [2.45, 2.75) is 25.8 Å². The normalized spacial score (nSPS) is 32.3. The fourth-order valence-electron chi connectivity index (χ4n) is 3.08.